The highest BCUT2D eigenvalue weighted by Crippen LogP contribution is 2.13. The zero-order chi connectivity index (χ0) is 15.9. The number of nitriles is 1. The van der Waals surface area contributed by atoms with Crippen LogP contribution >= 0.6 is 0 Å². The minimum Gasteiger partial charge on any atom is -0.334 e. The summed E-state index contributed by atoms with van der Waals surface area (Å²) < 4.78 is 13.0. The summed E-state index contributed by atoms with van der Waals surface area (Å²) in [5.74, 6) is -0.328. The molecular formula is C17H16FN3O. The van der Waals surface area contributed by atoms with Gasteiger partial charge in [0.25, 0.3) is 0 Å². The highest BCUT2D eigenvalue weighted by atomic mass is 19.1. The van der Waals surface area contributed by atoms with Gasteiger partial charge in [-0.1, -0.05) is 24.3 Å². The van der Waals surface area contributed by atoms with Crippen LogP contribution in [0, 0.1) is 17.1 Å². The monoisotopic (exact) mass is 297 g/mol. The van der Waals surface area contributed by atoms with Gasteiger partial charge in [0.05, 0.1) is 17.7 Å². The van der Waals surface area contributed by atoms with Crippen LogP contribution in [0.2, 0.25) is 0 Å². The Morgan fingerprint density at radius 1 is 1.27 bits per heavy atom. The van der Waals surface area contributed by atoms with Crippen molar-refractivity contribution in [3.8, 4) is 6.07 Å². The standard InChI is InChI=1S/C17H16FN3O/c1-12(15-7-5-13(10-19)6-8-15)21-17(22)20-11-14-3-2-4-16(18)9-14/h2-9,12H,11H2,1H3,(H2,20,21,22)/t12-/m1/s1. The first-order valence-electron chi connectivity index (χ1n) is 6.87. The van der Waals surface area contributed by atoms with E-state index in [4.69, 9.17) is 5.26 Å². The van der Waals surface area contributed by atoms with Gasteiger partial charge in [0.1, 0.15) is 5.82 Å². The maximum absolute atomic E-state index is 13.0. The summed E-state index contributed by atoms with van der Waals surface area (Å²) in [5, 5.41) is 14.2. The van der Waals surface area contributed by atoms with Crippen LogP contribution < -0.4 is 10.6 Å². The van der Waals surface area contributed by atoms with Crippen LogP contribution in [0.4, 0.5) is 9.18 Å². The van der Waals surface area contributed by atoms with E-state index in [0.717, 1.165) is 5.56 Å². The molecular weight excluding hydrogens is 281 g/mol. The summed E-state index contributed by atoms with van der Waals surface area (Å²) >= 11 is 0. The maximum Gasteiger partial charge on any atom is 0.315 e. The third-order valence-corrected chi connectivity index (χ3v) is 3.23. The molecule has 0 fully saturated rings. The normalized spacial score (nSPS) is 11.3. The molecule has 0 aliphatic heterocycles. The SMILES string of the molecule is C[C@@H](NC(=O)NCc1cccc(F)c1)c1ccc(C#N)cc1. The molecule has 2 rings (SSSR count). The Hall–Kier alpha value is -2.87. The Morgan fingerprint density at radius 3 is 2.64 bits per heavy atom. The Labute approximate surface area is 128 Å². The number of urea groups is 1. The molecule has 2 N–H and O–H groups in total. The van der Waals surface area contributed by atoms with Crippen molar-refractivity contribution in [1.82, 2.24) is 10.6 Å². The predicted octanol–water partition coefficient (Wildman–Crippen LogP) is 3.26. The lowest BCUT2D eigenvalue weighted by Gasteiger charge is -2.15. The van der Waals surface area contributed by atoms with E-state index in [0.29, 0.717) is 11.1 Å². The van der Waals surface area contributed by atoms with Gasteiger partial charge in [-0.05, 0) is 42.3 Å². The van der Waals surface area contributed by atoms with E-state index in [1.807, 2.05) is 13.0 Å². The zero-order valence-electron chi connectivity index (χ0n) is 12.1. The maximum atomic E-state index is 13.0. The summed E-state index contributed by atoms with van der Waals surface area (Å²) in [5.41, 5.74) is 2.17. The number of amides is 2. The molecule has 0 aliphatic carbocycles. The van der Waals surface area contributed by atoms with E-state index >= 15 is 0 Å². The molecule has 0 bridgehead atoms. The van der Waals surface area contributed by atoms with Crippen LogP contribution in [0.5, 0.6) is 0 Å². The number of rotatable bonds is 4. The average molecular weight is 297 g/mol. The highest BCUT2D eigenvalue weighted by molar-refractivity contribution is 5.74. The molecule has 2 aromatic rings. The molecule has 5 heteroatoms. The highest BCUT2D eigenvalue weighted by Gasteiger charge is 2.09. The predicted molar refractivity (Wildman–Crippen MR) is 81.3 cm³/mol. The number of nitrogens with one attached hydrogen (secondary N) is 2. The first kappa shape index (κ1) is 15.5. The van der Waals surface area contributed by atoms with Gasteiger partial charge in [0.15, 0.2) is 0 Å². The molecule has 2 amide bonds. The van der Waals surface area contributed by atoms with Gasteiger partial charge in [-0.15, -0.1) is 0 Å². The quantitative estimate of drug-likeness (QED) is 0.909. The molecule has 112 valence electrons. The van der Waals surface area contributed by atoms with Crippen molar-refractivity contribution in [1.29, 1.82) is 5.26 Å². The molecule has 0 aliphatic rings. The van der Waals surface area contributed by atoms with Gasteiger partial charge in [-0.25, -0.2) is 9.18 Å². The van der Waals surface area contributed by atoms with E-state index in [9.17, 15) is 9.18 Å². The topological polar surface area (TPSA) is 64.9 Å². The summed E-state index contributed by atoms with van der Waals surface area (Å²) in [6, 6.07) is 14.6. The van der Waals surface area contributed by atoms with E-state index in [1.165, 1.54) is 12.1 Å². The molecule has 0 heterocycles. The summed E-state index contributed by atoms with van der Waals surface area (Å²) in [6.45, 7) is 2.10. The molecule has 0 radical (unpaired) electrons. The number of nitrogens with zero attached hydrogens (tertiary/aromatic N) is 1. The number of carbonyl (C=O) groups is 1. The van der Waals surface area contributed by atoms with Gasteiger partial charge >= 0.3 is 6.03 Å². The van der Waals surface area contributed by atoms with E-state index in [-0.39, 0.29) is 24.4 Å². The molecule has 2 aromatic carbocycles. The Balaban J connectivity index is 1.87. The Morgan fingerprint density at radius 2 is 2.00 bits per heavy atom. The summed E-state index contributed by atoms with van der Waals surface area (Å²) in [6.07, 6.45) is 0. The fraction of sp³-hybridized carbons (Fsp3) is 0.176. The van der Waals surface area contributed by atoms with Crippen LogP contribution in [-0.4, -0.2) is 6.03 Å². The van der Waals surface area contributed by atoms with Crippen LogP contribution in [0.3, 0.4) is 0 Å². The van der Waals surface area contributed by atoms with Crippen molar-refractivity contribution in [2.24, 2.45) is 0 Å². The fourth-order valence-electron chi connectivity index (χ4n) is 2.01. The third-order valence-electron chi connectivity index (χ3n) is 3.23. The van der Waals surface area contributed by atoms with Crippen LogP contribution in [0.15, 0.2) is 48.5 Å². The van der Waals surface area contributed by atoms with E-state index in [2.05, 4.69) is 10.6 Å². The van der Waals surface area contributed by atoms with Gasteiger partial charge in [0, 0.05) is 6.54 Å². The fourth-order valence-corrected chi connectivity index (χ4v) is 2.01. The minimum atomic E-state index is -0.332. The van der Waals surface area contributed by atoms with Crippen molar-refractivity contribution >= 4 is 6.03 Å². The van der Waals surface area contributed by atoms with Gasteiger partial charge in [-0.3, -0.25) is 0 Å². The second-order valence-electron chi connectivity index (χ2n) is 4.91. The molecule has 0 unspecified atom stereocenters. The number of halogens is 1. The molecule has 0 saturated heterocycles. The van der Waals surface area contributed by atoms with Gasteiger partial charge in [-0.2, -0.15) is 5.26 Å². The van der Waals surface area contributed by atoms with E-state index in [1.54, 1.807) is 36.4 Å². The van der Waals surface area contributed by atoms with Gasteiger partial charge < -0.3 is 10.6 Å². The van der Waals surface area contributed by atoms with Crippen LogP contribution in [0.1, 0.15) is 29.7 Å². The largest absolute Gasteiger partial charge is 0.334 e. The zero-order valence-corrected chi connectivity index (χ0v) is 12.1. The summed E-state index contributed by atoms with van der Waals surface area (Å²) in [7, 11) is 0. The van der Waals surface area contributed by atoms with Crippen molar-refractivity contribution in [3.05, 3.63) is 71.0 Å². The average Bonchev–Trinajstić information content (AvgIpc) is 2.53. The lowest BCUT2D eigenvalue weighted by molar-refractivity contribution is 0.237. The molecule has 0 aromatic heterocycles. The van der Waals surface area contributed by atoms with Gasteiger partial charge in [0.2, 0.25) is 0 Å². The number of hydrogen-bond donors (Lipinski definition) is 2. The number of hydrogen-bond acceptors (Lipinski definition) is 2. The first-order valence-corrected chi connectivity index (χ1v) is 6.87. The first-order chi connectivity index (χ1) is 10.6. The number of benzene rings is 2. The van der Waals surface area contributed by atoms with Crippen molar-refractivity contribution in [2.75, 3.05) is 0 Å². The summed E-state index contributed by atoms with van der Waals surface area (Å²) in [4.78, 5) is 11.8. The molecule has 4 nitrogen and oxygen atoms in total. The Kier molecular flexibility index (Phi) is 5.10. The second-order valence-corrected chi connectivity index (χ2v) is 4.91. The minimum absolute atomic E-state index is 0.194. The molecule has 0 spiro atoms. The third kappa shape index (κ3) is 4.32. The lowest BCUT2D eigenvalue weighted by atomic mass is 10.1. The molecule has 1 atom stereocenters. The smallest absolute Gasteiger partial charge is 0.315 e. The van der Waals surface area contributed by atoms with E-state index < -0.39 is 0 Å². The van der Waals surface area contributed by atoms with Crippen molar-refractivity contribution in [2.45, 2.75) is 19.5 Å². The number of carbonyl (C=O) groups excluding carboxylic acids is 1. The second kappa shape index (κ2) is 7.23. The van der Waals surface area contributed by atoms with Crippen molar-refractivity contribution in [3.63, 3.8) is 0 Å². The lowest BCUT2D eigenvalue weighted by Crippen LogP contribution is -2.36. The molecule has 22 heavy (non-hydrogen) atoms. The van der Waals surface area contributed by atoms with Crippen LogP contribution in [0.25, 0.3) is 0 Å². The van der Waals surface area contributed by atoms with Crippen LogP contribution in [-0.2, 0) is 6.54 Å². The molecule has 0 saturated carbocycles. The van der Waals surface area contributed by atoms with Crippen molar-refractivity contribution < 1.29 is 9.18 Å². The Bertz CT molecular complexity index is 692.